The Bertz CT molecular complexity index is 981. The summed E-state index contributed by atoms with van der Waals surface area (Å²) in [6, 6.07) is 14.2. The van der Waals surface area contributed by atoms with Crippen LogP contribution in [0, 0.1) is 5.82 Å². The van der Waals surface area contributed by atoms with Crippen molar-refractivity contribution in [2.24, 2.45) is 5.16 Å². The number of hydrogen-bond donors (Lipinski definition) is 2. The van der Waals surface area contributed by atoms with Gasteiger partial charge in [-0.15, -0.1) is 0 Å². The molecule has 0 saturated carbocycles. The number of anilines is 2. The van der Waals surface area contributed by atoms with E-state index in [1.165, 1.54) is 30.0 Å². The quantitative estimate of drug-likeness (QED) is 0.363. The molecular weight excluding hydrogens is 445 g/mol. The second-order valence-electron chi connectivity index (χ2n) is 5.94. The summed E-state index contributed by atoms with van der Waals surface area (Å²) >= 11 is 3.07. The van der Waals surface area contributed by atoms with Crippen LogP contribution in [-0.2, 0) is 16.2 Å². The molecule has 29 heavy (non-hydrogen) atoms. The fourth-order valence-electron chi connectivity index (χ4n) is 2.37. The fraction of sp³-hybridized carbons (Fsp3) is 0.158. The number of aromatic nitrogens is 2. The molecule has 0 aliphatic carbocycles. The zero-order chi connectivity index (χ0) is 20.5. The number of nitrogens with one attached hydrogen (secondary N) is 2. The van der Waals surface area contributed by atoms with Crippen molar-refractivity contribution in [1.29, 1.82) is 0 Å². The van der Waals surface area contributed by atoms with Gasteiger partial charge in [-0.2, -0.15) is 5.48 Å². The molecule has 150 valence electrons. The van der Waals surface area contributed by atoms with Crippen LogP contribution in [0.1, 0.15) is 24.1 Å². The number of oxime groups is 1. The Morgan fingerprint density at radius 2 is 2.07 bits per heavy atom. The summed E-state index contributed by atoms with van der Waals surface area (Å²) in [4.78, 5) is 17.0. The van der Waals surface area contributed by atoms with Crippen LogP contribution in [0.4, 0.5) is 15.9 Å². The van der Waals surface area contributed by atoms with Crippen LogP contribution < -0.4 is 10.8 Å². The average molecular weight is 462 g/mol. The first-order valence-electron chi connectivity index (χ1n) is 8.68. The van der Waals surface area contributed by atoms with E-state index in [0.717, 1.165) is 6.42 Å². The molecule has 0 bridgehead atoms. The Hall–Kier alpha value is -3.27. The number of carbonyl (C=O) groups is 1. The minimum absolute atomic E-state index is 0.145. The summed E-state index contributed by atoms with van der Waals surface area (Å²) in [5.74, 6) is -0.454. The van der Waals surface area contributed by atoms with Crippen molar-refractivity contribution in [3.05, 3.63) is 70.1 Å². The van der Waals surface area contributed by atoms with Gasteiger partial charge in [-0.25, -0.2) is 9.02 Å². The molecule has 2 N–H and O–H groups in total. The molecule has 1 amide bonds. The summed E-state index contributed by atoms with van der Waals surface area (Å²) in [6.07, 6.45) is 3.06. The van der Waals surface area contributed by atoms with Gasteiger partial charge in [0, 0.05) is 6.42 Å². The molecule has 0 spiro atoms. The van der Waals surface area contributed by atoms with Crippen molar-refractivity contribution >= 4 is 39.6 Å². The summed E-state index contributed by atoms with van der Waals surface area (Å²) in [5, 5.41) is 13.6. The topological polar surface area (TPSA) is 102 Å². The minimum Gasteiger partial charge on any atom is -0.306 e. The van der Waals surface area contributed by atoms with Gasteiger partial charge in [0.2, 0.25) is 11.7 Å². The Kier molecular flexibility index (Phi) is 7.28. The fourth-order valence-corrected chi connectivity index (χ4v) is 2.75. The number of nitrogens with zero attached hydrogens (tertiary/aromatic N) is 3. The lowest BCUT2D eigenvalue weighted by Crippen LogP contribution is -2.13. The zero-order valence-electron chi connectivity index (χ0n) is 15.1. The first-order chi connectivity index (χ1) is 14.1. The number of rotatable bonds is 9. The number of halogens is 2. The van der Waals surface area contributed by atoms with Crippen molar-refractivity contribution in [2.45, 2.75) is 19.3 Å². The van der Waals surface area contributed by atoms with Crippen LogP contribution in [0.2, 0.25) is 0 Å². The second kappa shape index (κ2) is 10.3. The van der Waals surface area contributed by atoms with E-state index in [1.54, 1.807) is 0 Å². The SMILES string of the molecule is O=C(CCCc1ccccc1)Nc1nonc1/C=N/ONc1ccc(F)c(Br)c1. The lowest BCUT2D eigenvalue weighted by molar-refractivity contribution is -0.116. The van der Waals surface area contributed by atoms with E-state index in [1.807, 2.05) is 30.3 Å². The lowest BCUT2D eigenvalue weighted by Gasteiger charge is -2.03. The third kappa shape index (κ3) is 6.39. The van der Waals surface area contributed by atoms with Gasteiger partial charge in [0.25, 0.3) is 0 Å². The lowest BCUT2D eigenvalue weighted by atomic mass is 10.1. The minimum atomic E-state index is -0.392. The Labute approximate surface area is 174 Å². The highest BCUT2D eigenvalue weighted by atomic mass is 79.9. The molecule has 1 heterocycles. The largest absolute Gasteiger partial charge is 0.306 e. The van der Waals surface area contributed by atoms with Gasteiger partial charge in [-0.05, 0) is 62.8 Å². The first-order valence-corrected chi connectivity index (χ1v) is 9.48. The van der Waals surface area contributed by atoms with Crippen molar-refractivity contribution in [1.82, 2.24) is 10.3 Å². The summed E-state index contributed by atoms with van der Waals surface area (Å²) in [7, 11) is 0. The normalized spacial score (nSPS) is 10.8. The van der Waals surface area contributed by atoms with Gasteiger partial charge >= 0.3 is 0 Å². The van der Waals surface area contributed by atoms with Crippen LogP contribution in [-0.4, -0.2) is 22.4 Å². The van der Waals surface area contributed by atoms with Crippen molar-refractivity contribution in [2.75, 3.05) is 10.8 Å². The molecule has 0 saturated heterocycles. The van der Waals surface area contributed by atoms with Crippen molar-refractivity contribution < 1.29 is 18.8 Å². The zero-order valence-corrected chi connectivity index (χ0v) is 16.7. The molecule has 0 fully saturated rings. The number of amides is 1. The molecule has 0 atom stereocenters. The highest BCUT2D eigenvalue weighted by molar-refractivity contribution is 9.10. The predicted octanol–water partition coefficient (Wildman–Crippen LogP) is 4.31. The third-order valence-corrected chi connectivity index (χ3v) is 4.40. The maximum absolute atomic E-state index is 13.2. The molecule has 8 nitrogen and oxygen atoms in total. The van der Waals surface area contributed by atoms with E-state index in [-0.39, 0.29) is 21.9 Å². The van der Waals surface area contributed by atoms with Crippen LogP contribution in [0.25, 0.3) is 0 Å². The molecule has 3 aromatic rings. The van der Waals surface area contributed by atoms with Gasteiger partial charge < -0.3 is 5.32 Å². The second-order valence-corrected chi connectivity index (χ2v) is 6.80. The van der Waals surface area contributed by atoms with Crippen LogP contribution >= 0.6 is 15.9 Å². The van der Waals surface area contributed by atoms with E-state index in [4.69, 9.17) is 4.94 Å². The molecule has 3 rings (SSSR count). The molecule has 10 heteroatoms. The maximum atomic E-state index is 13.2. The Morgan fingerprint density at radius 1 is 1.24 bits per heavy atom. The van der Waals surface area contributed by atoms with E-state index < -0.39 is 5.82 Å². The molecule has 0 radical (unpaired) electrons. The first kappa shape index (κ1) is 20.5. The smallest absolute Gasteiger partial charge is 0.225 e. The molecule has 2 aromatic carbocycles. The third-order valence-electron chi connectivity index (χ3n) is 3.79. The summed E-state index contributed by atoms with van der Waals surface area (Å²) < 4.78 is 18.1. The van der Waals surface area contributed by atoms with E-state index in [0.29, 0.717) is 18.5 Å². The molecule has 0 unspecified atom stereocenters. The summed E-state index contributed by atoms with van der Waals surface area (Å²) in [5.41, 5.74) is 4.38. The highest BCUT2D eigenvalue weighted by Crippen LogP contribution is 2.20. The van der Waals surface area contributed by atoms with E-state index in [9.17, 15) is 9.18 Å². The predicted molar refractivity (Wildman–Crippen MR) is 109 cm³/mol. The van der Waals surface area contributed by atoms with Gasteiger partial charge in [0.05, 0.1) is 10.2 Å². The Balaban J connectivity index is 1.45. The van der Waals surface area contributed by atoms with Crippen molar-refractivity contribution in [3.8, 4) is 0 Å². The van der Waals surface area contributed by atoms with Crippen LogP contribution in [0.5, 0.6) is 0 Å². The molecule has 0 aliphatic rings. The molecular formula is C19H17BrFN5O3. The number of benzene rings is 2. The number of hydrogen-bond acceptors (Lipinski definition) is 7. The van der Waals surface area contributed by atoms with Gasteiger partial charge in [-0.1, -0.05) is 35.5 Å². The van der Waals surface area contributed by atoms with Gasteiger partial charge in [-0.3, -0.25) is 9.73 Å². The van der Waals surface area contributed by atoms with Crippen molar-refractivity contribution in [3.63, 3.8) is 0 Å². The number of carbonyl (C=O) groups excluding carboxylic acids is 1. The monoisotopic (exact) mass is 461 g/mol. The standard InChI is InChI=1S/C19H17BrFN5O3/c20-15-11-14(9-10-16(15)21)24-28-22-12-17-19(26-29-25-17)23-18(27)8-4-7-13-5-2-1-3-6-13/h1-3,5-6,9-12,24H,4,7-8H2,(H,23,26,27)/b22-12+. The van der Waals surface area contributed by atoms with E-state index >= 15 is 0 Å². The maximum Gasteiger partial charge on any atom is 0.225 e. The average Bonchev–Trinajstić information content (AvgIpc) is 3.15. The van der Waals surface area contributed by atoms with Gasteiger partial charge in [0.15, 0.2) is 5.69 Å². The summed E-state index contributed by atoms with van der Waals surface area (Å²) in [6.45, 7) is 0. The molecule has 0 aliphatic heterocycles. The number of aryl methyl sites for hydroxylation is 1. The molecule has 1 aromatic heterocycles. The Morgan fingerprint density at radius 3 is 2.86 bits per heavy atom. The van der Waals surface area contributed by atoms with Gasteiger partial charge in [0.1, 0.15) is 12.0 Å². The highest BCUT2D eigenvalue weighted by Gasteiger charge is 2.12. The van der Waals surface area contributed by atoms with Crippen LogP contribution in [0.15, 0.2) is 62.8 Å². The van der Waals surface area contributed by atoms with E-state index in [2.05, 4.69) is 46.8 Å². The van der Waals surface area contributed by atoms with Crippen LogP contribution in [0.3, 0.4) is 0 Å².